The summed E-state index contributed by atoms with van der Waals surface area (Å²) in [5, 5.41) is 4.51. The summed E-state index contributed by atoms with van der Waals surface area (Å²) >= 11 is 0. The molecule has 0 saturated carbocycles. The number of aryl methyl sites for hydroxylation is 3. The minimum Gasteiger partial charge on any atom is -0.342 e. The van der Waals surface area contributed by atoms with Gasteiger partial charge in [-0.25, -0.2) is 4.68 Å². The molecular formula is C18H22N4O2. The van der Waals surface area contributed by atoms with E-state index in [1.54, 1.807) is 14.5 Å². The van der Waals surface area contributed by atoms with Crippen LogP contribution in [0.4, 0.5) is 0 Å². The van der Waals surface area contributed by atoms with Gasteiger partial charge in [-0.2, -0.15) is 5.10 Å². The monoisotopic (exact) mass is 326 g/mol. The summed E-state index contributed by atoms with van der Waals surface area (Å²) in [5.41, 5.74) is 4.76. The number of piperazine rings is 1. The Bertz CT molecular complexity index is 773. The third kappa shape index (κ3) is 3.04. The summed E-state index contributed by atoms with van der Waals surface area (Å²) in [7, 11) is 0. The van der Waals surface area contributed by atoms with E-state index in [-0.39, 0.29) is 5.91 Å². The minimum atomic E-state index is -0.0776. The summed E-state index contributed by atoms with van der Waals surface area (Å²) in [4.78, 5) is 26.9. The van der Waals surface area contributed by atoms with E-state index in [1.165, 1.54) is 11.1 Å². The van der Waals surface area contributed by atoms with E-state index in [4.69, 9.17) is 0 Å². The highest BCUT2D eigenvalue weighted by Gasteiger charge is 2.24. The molecular weight excluding hydrogens is 304 g/mol. The molecule has 1 aromatic heterocycles. The maximum absolute atomic E-state index is 12.7. The van der Waals surface area contributed by atoms with Gasteiger partial charge in [-0.3, -0.25) is 9.59 Å². The van der Waals surface area contributed by atoms with Crippen molar-refractivity contribution in [2.24, 2.45) is 0 Å². The molecule has 2 heterocycles. The van der Waals surface area contributed by atoms with Gasteiger partial charge in [-0.1, -0.05) is 6.07 Å². The zero-order valence-electron chi connectivity index (χ0n) is 14.3. The van der Waals surface area contributed by atoms with E-state index < -0.39 is 0 Å². The van der Waals surface area contributed by atoms with Crippen molar-refractivity contribution in [2.45, 2.75) is 20.8 Å². The van der Waals surface area contributed by atoms with Gasteiger partial charge in [0.05, 0.1) is 5.69 Å². The Balaban J connectivity index is 1.82. The molecule has 1 aliphatic rings. The zero-order valence-corrected chi connectivity index (χ0v) is 14.3. The van der Waals surface area contributed by atoms with E-state index in [2.05, 4.69) is 31.1 Å². The van der Waals surface area contributed by atoms with Crippen LogP contribution in [0.1, 0.15) is 27.3 Å². The van der Waals surface area contributed by atoms with Crippen LogP contribution in [-0.4, -0.2) is 58.1 Å². The lowest BCUT2D eigenvalue weighted by atomic mass is 10.1. The Hall–Kier alpha value is -2.63. The maximum atomic E-state index is 12.7. The summed E-state index contributed by atoms with van der Waals surface area (Å²) in [5.74, 6) is -0.0776. The highest BCUT2D eigenvalue weighted by molar-refractivity contribution is 5.92. The summed E-state index contributed by atoms with van der Waals surface area (Å²) < 4.78 is 1.81. The molecule has 0 aliphatic carbocycles. The van der Waals surface area contributed by atoms with Crippen molar-refractivity contribution >= 4 is 12.3 Å². The summed E-state index contributed by atoms with van der Waals surface area (Å²) in [6.07, 6.45) is 0.834. The molecule has 0 N–H and O–H groups in total. The van der Waals surface area contributed by atoms with Crippen LogP contribution in [0.5, 0.6) is 0 Å². The lowest BCUT2D eigenvalue weighted by Crippen LogP contribution is -2.48. The van der Waals surface area contributed by atoms with Gasteiger partial charge < -0.3 is 9.80 Å². The molecule has 0 bridgehead atoms. The van der Waals surface area contributed by atoms with E-state index in [0.717, 1.165) is 17.8 Å². The first-order chi connectivity index (χ1) is 11.5. The predicted molar refractivity (Wildman–Crippen MR) is 91.3 cm³/mol. The van der Waals surface area contributed by atoms with Crippen molar-refractivity contribution in [2.75, 3.05) is 26.2 Å². The van der Waals surface area contributed by atoms with Crippen LogP contribution in [0.2, 0.25) is 0 Å². The molecule has 0 unspecified atom stereocenters. The van der Waals surface area contributed by atoms with Crippen molar-refractivity contribution in [1.82, 2.24) is 19.6 Å². The smallest absolute Gasteiger partial charge is 0.274 e. The van der Waals surface area contributed by atoms with Crippen LogP contribution in [0.3, 0.4) is 0 Å². The quantitative estimate of drug-likeness (QED) is 0.807. The number of amides is 2. The van der Waals surface area contributed by atoms with E-state index in [9.17, 15) is 9.59 Å². The second-order valence-corrected chi connectivity index (χ2v) is 6.28. The molecule has 0 radical (unpaired) electrons. The molecule has 2 amide bonds. The number of carbonyl (C=O) groups excluding carboxylic acids is 2. The lowest BCUT2D eigenvalue weighted by Gasteiger charge is -2.32. The Kier molecular flexibility index (Phi) is 4.38. The zero-order chi connectivity index (χ0) is 17.3. The molecule has 0 atom stereocenters. The van der Waals surface area contributed by atoms with Crippen molar-refractivity contribution in [3.8, 4) is 5.69 Å². The van der Waals surface area contributed by atoms with Gasteiger partial charge in [-0.05, 0) is 50.1 Å². The van der Waals surface area contributed by atoms with Crippen LogP contribution in [0, 0.1) is 20.8 Å². The topological polar surface area (TPSA) is 58.4 Å². The second kappa shape index (κ2) is 6.47. The maximum Gasteiger partial charge on any atom is 0.274 e. The van der Waals surface area contributed by atoms with Gasteiger partial charge in [0.2, 0.25) is 6.41 Å². The van der Waals surface area contributed by atoms with Crippen molar-refractivity contribution < 1.29 is 9.59 Å². The van der Waals surface area contributed by atoms with Gasteiger partial charge in [0.1, 0.15) is 0 Å². The van der Waals surface area contributed by atoms with Crippen molar-refractivity contribution in [3.05, 3.63) is 46.8 Å². The number of nitrogens with zero attached hydrogens (tertiary/aromatic N) is 4. The SMILES string of the molecule is Cc1ccc(-n2nc(C(=O)N3CCN(C=O)CC3)cc2C)cc1C. The lowest BCUT2D eigenvalue weighted by molar-refractivity contribution is -0.119. The average Bonchev–Trinajstić information content (AvgIpc) is 2.98. The van der Waals surface area contributed by atoms with Crippen LogP contribution in [0.15, 0.2) is 24.3 Å². The number of rotatable bonds is 3. The molecule has 6 heteroatoms. The molecule has 1 saturated heterocycles. The van der Waals surface area contributed by atoms with E-state index in [1.807, 2.05) is 19.1 Å². The highest BCUT2D eigenvalue weighted by atomic mass is 16.2. The normalized spacial score (nSPS) is 14.8. The average molecular weight is 326 g/mol. The Morgan fingerprint density at radius 2 is 1.75 bits per heavy atom. The first-order valence-corrected chi connectivity index (χ1v) is 8.12. The van der Waals surface area contributed by atoms with Crippen LogP contribution in [0.25, 0.3) is 5.69 Å². The van der Waals surface area contributed by atoms with Crippen LogP contribution < -0.4 is 0 Å². The Morgan fingerprint density at radius 1 is 1.04 bits per heavy atom. The number of aromatic nitrogens is 2. The third-order valence-corrected chi connectivity index (χ3v) is 4.59. The van der Waals surface area contributed by atoms with E-state index >= 15 is 0 Å². The van der Waals surface area contributed by atoms with E-state index in [0.29, 0.717) is 31.9 Å². The first-order valence-electron chi connectivity index (χ1n) is 8.12. The fraction of sp³-hybridized carbons (Fsp3) is 0.389. The molecule has 6 nitrogen and oxygen atoms in total. The Morgan fingerprint density at radius 3 is 2.38 bits per heavy atom. The summed E-state index contributed by atoms with van der Waals surface area (Å²) in [6, 6.07) is 7.97. The largest absolute Gasteiger partial charge is 0.342 e. The van der Waals surface area contributed by atoms with Gasteiger partial charge in [0.25, 0.3) is 5.91 Å². The second-order valence-electron chi connectivity index (χ2n) is 6.28. The van der Waals surface area contributed by atoms with Crippen LogP contribution in [-0.2, 0) is 4.79 Å². The number of benzene rings is 1. The molecule has 126 valence electrons. The highest BCUT2D eigenvalue weighted by Crippen LogP contribution is 2.17. The Labute approximate surface area is 141 Å². The fourth-order valence-corrected chi connectivity index (χ4v) is 2.89. The third-order valence-electron chi connectivity index (χ3n) is 4.59. The summed E-state index contributed by atoms with van der Waals surface area (Å²) in [6.45, 7) is 8.33. The standard InChI is InChI=1S/C18H22N4O2/c1-13-4-5-16(10-14(13)2)22-15(3)11-17(19-22)18(24)21-8-6-20(12-23)7-9-21/h4-5,10-12H,6-9H2,1-3H3. The fourth-order valence-electron chi connectivity index (χ4n) is 2.89. The van der Waals surface area contributed by atoms with Crippen molar-refractivity contribution in [1.29, 1.82) is 0 Å². The van der Waals surface area contributed by atoms with Gasteiger partial charge in [0, 0.05) is 31.9 Å². The molecule has 1 fully saturated rings. The molecule has 0 spiro atoms. The van der Waals surface area contributed by atoms with Gasteiger partial charge >= 0.3 is 0 Å². The number of carbonyl (C=O) groups is 2. The van der Waals surface area contributed by atoms with Gasteiger partial charge in [0.15, 0.2) is 5.69 Å². The molecule has 24 heavy (non-hydrogen) atoms. The van der Waals surface area contributed by atoms with Crippen LogP contribution >= 0.6 is 0 Å². The number of hydrogen-bond donors (Lipinski definition) is 0. The molecule has 3 rings (SSSR count). The first kappa shape index (κ1) is 16.2. The molecule has 2 aromatic rings. The predicted octanol–water partition coefficient (Wildman–Crippen LogP) is 1.71. The minimum absolute atomic E-state index is 0.0776. The molecule has 1 aromatic carbocycles. The van der Waals surface area contributed by atoms with Crippen molar-refractivity contribution in [3.63, 3.8) is 0 Å². The van der Waals surface area contributed by atoms with Gasteiger partial charge in [-0.15, -0.1) is 0 Å². The molecule has 1 aliphatic heterocycles. The number of hydrogen-bond acceptors (Lipinski definition) is 3.